The van der Waals surface area contributed by atoms with Gasteiger partial charge in [-0.15, -0.1) is 0 Å². The third-order valence-electron chi connectivity index (χ3n) is 4.40. The molecule has 1 amide bonds. The molecular formula is C16H23N3O. The quantitative estimate of drug-likeness (QED) is 0.850. The number of carbonyl (C=O) groups is 1. The van der Waals surface area contributed by atoms with Gasteiger partial charge in [0.25, 0.3) is 0 Å². The van der Waals surface area contributed by atoms with Crippen LogP contribution in [0.1, 0.15) is 24.4 Å². The van der Waals surface area contributed by atoms with Crippen LogP contribution in [-0.4, -0.2) is 43.5 Å². The van der Waals surface area contributed by atoms with Crippen molar-refractivity contribution < 1.29 is 4.79 Å². The molecule has 1 atom stereocenters. The molecule has 1 aromatic rings. The number of rotatable bonds is 2. The van der Waals surface area contributed by atoms with Crippen molar-refractivity contribution in [1.82, 2.24) is 15.5 Å². The molecule has 0 unspecified atom stereocenters. The van der Waals surface area contributed by atoms with Crippen LogP contribution in [0.15, 0.2) is 30.3 Å². The maximum Gasteiger partial charge on any atom is 0.226 e. The fourth-order valence-corrected chi connectivity index (χ4v) is 3.24. The van der Waals surface area contributed by atoms with E-state index in [1.54, 1.807) is 0 Å². The molecule has 4 heteroatoms. The van der Waals surface area contributed by atoms with E-state index in [0.29, 0.717) is 5.91 Å². The Morgan fingerprint density at radius 3 is 2.55 bits per heavy atom. The van der Waals surface area contributed by atoms with Crippen LogP contribution in [0.5, 0.6) is 0 Å². The second-order valence-corrected chi connectivity index (χ2v) is 5.69. The number of nitrogens with one attached hydrogen (secondary N) is 2. The minimum Gasteiger partial charge on any atom is -0.333 e. The van der Waals surface area contributed by atoms with Crippen molar-refractivity contribution in [2.45, 2.75) is 18.9 Å². The summed E-state index contributed by atoms with van der Waals surface area (Å²) in [4.78, 5) is 14.9. The molecule has 0 spiro atoms. The number of nitrogens with zero attached hydrogens (tertiary/aromatic N) is 1. The van der Waals surface area contributed by atoms with Crippen LogP contribution in [0.4, 0.5) is 0 Å². The molecule has 1 aromatic carbocycles. The SMILES string of the molecule is O=C(C1CCNCC1)N1CCNC[C@H]1c1ccccc1. The van der Waals surface area contributed by atoms with E-state index in [4.69, 9.17) is 0 Å². The predicted molar refractivity (Wildman–Crippen MR) is 79.4 cm³/mol. The first-order valence-electron chi connectivity index (χ1n) is 7.63. The Balaban J connectivity index is 1.76. The van der Waals surface area contributed by atoms with Crippen LogP contribution in [0.25, 0.3) is 0 Å². The lowest BCUT2D eigenvalue weighted by atomic mass is 9.94. The van der Waals surface area contributed by atoms with Crippen molar-refractivity contribution in [3.05, 3.63) is 35.9 Å². The van der Waals surface area contributed by atoms with Gasteiger partial charge in [-0.3, -0.25) is 4.79 Å². The summed E-state index contributed by atoms with van der Waals surface area (Å²) in [5, 5.41) is 6.75. The molecule has 2 aliphatic heterocycles. The molecule has 3 rings (SSSR count). The topological polar surface area (TPSA) is 44.4 Å². The van der Waals surface area contributed by atoms with Crippen molar-refractivity contribution >= 4 is 5.91 Å². The average Bonchev–Trinajstić information content (AvgIpc) is 2.56. The zero-order valence-corrected chi connectivity index (χ0v) is 11.8. The Morgan fingerprint density at radius 2 is 1.80 bits per heavy atom. The lowest BCUT2D eigenvalue weighted by molar-refractivity contribution is -0.139. The van der Waals surface area contributed by atoms with Crippen LogP contribution in [0.2, 0.25) is 0 Å². The van der Waals surface area contributed by atoms with Crippen molar-refractivity contribution in [2.24, 2.45) is 5.92 Å². The summed E-state index contributed by atoms with van der Waals surface area (Å²) < 4.78 is 0. The molecule has 2 heterocycles. The summed E-state index contributed by atoms with van der Waals surface area (Å²) in [6, 6.07) is 10.6. The van der Waals surface area contributed by atoms with Gasteiger partial charge in [0.15, 0.2) is 0 Å². The first-order valence-corrected chi connectivity index (χ1v) is 7.63. The Morgan fingerprint density at radius 1 is 1.05 bits per heavy atom. The summed E-state index contributed by atoms with van der Waals surface area (Å²) in [6.07, 6.45) is 1.95. The summed E-state index contributed by atoms with van der Waals surface area (Å²) in [5.74, 6) is 0.558. The zero-order chi connectivity index (χ0) is 13.8. The molecule has 0 aliphatic carbocycles. The van der Waals surface area contributed by atoms with Gasteiger partial charge in [0.2, 0.25) is 5.91 Å². The molecule has 20 heavy (non-hydrogen) atoms. The molecule has 2 saturated heterocycles. The Kier molecular flexibility index (Phi) is 4.33. The lowest BCUT2D eigenvalue weighted by Crippen LogP contribution is -2.51. The normalized spacial score (nSPS) is 24.6. The maximum atomic E-state index is 12.8. The minimum atomic E-state index is 0.187. The molecule has 108 valence electrons. The lowest BCUT2D eigenvalue weighted by Gasteiger charge is -2.39. The number of amides is 1. The van der Waals surface area contributed by atoms with Crippen molar-refractivity contribution in [3.63, 3.8) is 0 Å². The van der Waals surface area contributed by atoms with E-state index in [1.165, 1.54) is 5.56 Å². The highest BCUT2D eigenvalue weighted by atomic mass is 16.2. The second kappa shape index (κ2) is 6.37. The average molecular weight is 273 g/mol. The Labute approximate surface area is 120 Å². The zero-order valence-electron chi connectivity index (χ0n) is 11.8. The highest BCUT2D eigenvalue weighted by molar-refractivity contribution is 5.79. The van der Waals surface area contributed by atoms with E-state index in [0.717, 1.165) is 45.6 Å². The third kappa shape index (κ3) is 2.86. The van der Waals surface area contributed by atoms with E-state index >= 15 is 0 Å². The minimum absolute atomic E-state index is 0.187. The number of piperidine rings is 1. The second-order valence-electron chi connectivity index (χ2n) is 5.69. The summed E-state index contributed by atoms with van der Waals surface area (Å²) in [6.45, 7) is 4.53. The van der Waals surface area contributed by atoms with E-state index in [-0.39, 0.29) is 12.0 Å². The van der Waals surface area contributed by atoms with Crippen LogP contribution in [0.3, 0.4) is 0 Å². The smallest absolute Gasteiger partial charge is 0.226 e. The van der Waals surface area contributed by atoms with Gasteiger partial charge in [-0.1, -0.05) is 30.3 Å². The molecule has 2 aliphatic rings. The summed E-state index contributed by atoms with van der Waals surface area (Å²) >= 11 is 0. The van der Waals surface area contributed by atoms with Gasteiger partial charge in [-0.2, -0.15) is 0 Å². The molecular weight excluding hydrogens is 250 g/mol. The van der Waals surface area contributed by atoms with E-state index < -0.39 is 0 Å². The van der Waals surface area contributed by atoms with Crippen LogP contribution in [-0.2, 0) is 4.79 Å². The number of hydrogen-bond donors (Lipinski definition) is 2. The van der Waals surface area contributed by atoms with E-state index in [2.05, 4.69) is 39.8 Å². The van der Waals surface area contributed by atoms with Gasteiger partial charge in [-0.05, 0) is 31.5 Å². The molecule has 0 saturated carbocycles. The molecule has 4 nitrogen and oxygen atoms in total. The van der Waals surface area contributed by atoms with Gasteiger partial charge in [0.1, 0.15) is 0 Å². The molecule has 2 fully saturated rings. The molecule has 0 aromatic heterocycles. The molecule has 0 radical (unpaired) electrons. The first-order chi connectivity index (χ1) is 9.86. The Hall–Kier alpha value is -1.39. The van der Waals surface area contributed by atoms with Gasteiger partial charge in [0, 0.05) is 25.6 Å². The summed E-state index contributed by atoms with van der Waals surface area (Å²) in [5.41, 5.74) is 1.24. The van der Waals surface area contributed by atoms with Crippen LogP contribution in [0, 0.1) is 5.92 Å². The van der Waals surface area contributed by atoms with Gasteiger partial charge in [0.05, 0.1) is 6.04 Å². The fraction of sp³-hybridized carbons (Fsp3) is 0.562. The monoisotopic (exact) mass is 273 g/mol. The number of carbonyl (C=O) groups excluding carboxylic acids is 1. The highest BCUT2D eigenvalue weighted by Gasteiger charge is 2.32. The third-order valence-corrected chi connectivity index (χ3v) is 4.40. The number of hydrogen-bond acceptors (Lipinski definition) is 3. The van der Waals surface area contributed by atoms with Crippen molar-refractivity contribution in [2.75, 3.05) is 32.7 Å². The van der Waals surface area contributed by atoms with Gasteiger partial charge in [-0.25, -0.2) is 0 Å². The molecule has 2 N–H and O–H groups in total. The van der Waals surface area contributed by atoms with E-state index in [9.17, 15) is 4.79 Å². The Bertz CT molecular complexity index is 442. The highest BCUT2D eigenvalue weighted by Crippen LogP contribution is 2.26. The van der Waals surface area contributed by atoms with E-state index in [1.807, 2.05) is 6.07 Å². The fourth-order valence-electron chi connectivity index (χ4n) is 3.24. The largest absolute Gasteiger partial charge is 0.333 e. The standard InChI is InChI=1S/C16H23N3O/c20-16(14-6-8-17-9-7-14)19-11-10-18-12-15(19)13-4-2-1-3-5-13/h1-5,14-15,17-18H,6-12H2/t15-/m0/s1. The number of piperazine rings is 1. The molecule has 0 bridgehead atoms. The van der Waals surface area contributed by atoms with Gasteiger partial charge < -0.3 is 15.5 Å². The number of benzene rings is 1. The first kappa shape index (κ1) is 13.6. The summed E-state index contributed by atoms with van der Waals surface area (Å²) in [7, 11) is 0. The maximum absolute atomic E-state index is 12.8. The predicted octanol–water partition coefficient (Wildman–Crippen LogP) is 1.16. The van der Waals surface area contributed by atoms with Gasteiger partial charge >= 0.3 is 0 Å². The van der Waals surface area contributed by atoms with Crippen LogP contribution < -0.4 is 10.6 Å². The van der Waals surface area contributed by atoms with Crippen molar-refractivity contribution in [3.8, 4) is 0 Å². The van der Waals surface area contributed by atoms with Crippen LogP contribution >= 0.6 is 0 Å². The van der Waals surface area contributed by atoms with Crippen molar-refractivity contribution in [1.29, 1.82) is 0 Å².